The second-order valence-electron chi connectivity index (χ2n) is 4.01. The van der Waals surface area contributed by atoms with Crippen molar-refractivity contribution in [3.8, 4) is 0 Å². The Kier molecular flexibility index (Phi) is 4.05. The first-order chi connectivity index (χ1) is 9.88. The zero-order valence-corrected chi connectivity index (χ0v) is 10.4. The van der Waals surface area contributed by atoms with Crippen LogP contribution in [0.2, 0.25) is 0 Å². The van der Waals surface area contributed by atoms with Gasteiger partial charge in [0.15, 0.2) is 5.82 Å². The van der Waals surface area contributed by atoms with Crippen molar-refractivity contribution in [2.24, 2.45) is 0 Å². The van der Waals surface area contributed by atoms with Crippen LogP contribution in [0, 0.1) is 10.1 Å². The van der Waals surface area contributed by atoms with Gasteiger partial charge in [0.05, 0.1) is 4.92 Å². The molecule has 0 aliphatic rings. The fourth-order valence-corrected chi connectivity index (χ4v) is 1.65. The number of anilines is 1. The molecule has 0 fully saturated rings. The highest BCUT2D eigenvalue weighted by atomic mass is 19.4. The molecule has 2 rings (SSSR count). The van der Waals surface area contributed by atoms with Crippen LogP contribution < -0.4 is 5.32 Å². The van der Waals surface area contributed by atoms with Gasteiger partial charge >= 0.3 is 6.18 Å². The molecule has 0 bridgehead atoms. The molecule has 1 aromatic carbocycles. The van der Waals surface area contributed by atoms with E-state index in [9.17, 15) is 23.3 Å². The lowest BCUT2D eigenvalue weighted by molar-refractivity contribution is -0.388. The second kappa shape index (κ2) is 5.77. The quantitative estimate of drug-likeness (QED) is 0.674. The van der Waals surface area contributed by atoms with Gasteiger partial charge in [-0.3, -0.25) is 10.1 Å². The molecule has 10 heteroatoms. The van der Waals surface area contributed by atoms with Gasteiger partial charge in [0.2, 0.25) is 6.39 Å². The minimum atomic E-state index is -4.80. The zero-order valence-electron chi connectivity index (χ0n) is 10.4. The van der Waals surface area contributed by atoms with E-state index in [0.29, 0.717) is 18.3 Å². The standard InChI is InChI=1S/C11H9F3N4O3/c12-11(13,14)8-5-7(1-2-9(8)18(19)20)15-4-3-10-16-6-21-17-10/h1-2,5-6,15H,3-4H2. The molecule has 0 amide bonds. The number of nitro benzene ring substituents is 1. The Bertz CT molecular complexity index is 628. The van der Waals surface area contributed by atoms with Gasteiger partial charge < -0.3 is 9.84 Å². The molecular weight excluding hydrogens is 293 g/mol. The van der Waals surface area contributed by atoms with E-state index in [1.165, 1.54) is 6.07 Å². The Morgan fingerprint density at radius 2 is 2.14 bits per heavy atom. The Morgan fingerprint density at radius 3 is 2.71 bits per heavy atom. The number of nitrogens with zero attached hydrogens (tertiary/aromatic N) is 3. The summed E-state index contributed by atoms with van der Waals surface area (Å²) in [6, 6.07) is 2.73. The fourth-order valence-electron chi connectivity index (χ4n) is 1.65. The summed E-state index contributed by atoms with van der Waals surface area (Å²) >= 11 is 0. The molecule has 112 valence electrons. The molecule has 0 unspecified atom stereocenters. The average molecular weight is 302 g/mol. The molecular formula is C11H9F3N4O3. The van der Waals surface area contributed by atoms with E-state index in [0.717, 1.165) is 12.5 Å². The molecule has 0 aliphatic heterocycles. The lowest BCUT2D eigenvalue weighted by Gasteiger charge is -2.10. The van der Waals surface area contributed by atoms with Crippen LogP contribution in [0.25, 0.3) is 0 Å². The summed E-state index contributed by atoms with van der Waals surface area (Å²) in [5.41, 5.74) is -2.15. The molecule has 2 aromatic rings. The molecule has 0 saturated heterocycles. The van der Waals surface area contributed by atoms with Gasteiger partial charge in [0.1, 0.15) is 5.56 Å². The topological polar surface area (TPSA) is 94.1 Å². The largest absolute Gasteiger partial charge is 0.423 e. The second-order valence-corrected chi connectivity index (χ2v) is 4.01. The van der Waals surface area contributed by atoms with Gasteiger partial charge in [-0.05, 0) is 12.1 Å². The maximum atomic E-state index is 12.8. The van der Waals surface area contributed by atoms with Crippen molar-refractivity contribution in [2.75, 3.05) is 11.9 Å². The normalized spacial score (nSPS) is 11.4. The van der Waals surface area contributed by atoms with Gasteiger partial charge in [0.25, 0.3) is 5.69 Å². The molecule has 0 aliphatic carbocycles. The van der Waals surface area contributed by atoms with Crippen molar-refractivity contribution >= 4 is 11.4 Å². The van der Waals surface area contributed by atoms with Crippen LogP contribution >= 0.6 is 0 Å². The summed E-state index contributed by atoms with van der Waals surface area (Å²) < 4.78 is 42.8. The van der Waals surface area contributed by atoms with E-state index >= 15 is 0 Å². The third-order valence-electron chi connectivity index (χ3n) is 2.58. The minimum Gasteiger partial charge on any atom is -0.385 e. The summed E-state index contributed by atoms with van der Waals surface area (Å²) in [6.45, 7) is 0.259. The Balaban J connectivity index is 2.12. The number of alkyl halides is 3. The summed E-state index contributed by atoms with van der Waals surface area (Å²) in [4.78, 5) is 13.3. The van der Waals surface area contributed by atoms with E-state index in [1.54, 1.807) is 0 Å². The molecule has 0 atom stereocenters. The highest BCUT2D eigenvalue weighted by Gasteiger charge is 2.38. The first-order valence-corrected chi connectivity index (χ1v) is 5.72. The van der Waals surface area contributed by atoms with Gasteiger partial charge in [-0.1, -0.05) is 5.16 Å². The molecule has 0 radical (unpaired) electrons. The Hall–Kier alpha value is -2.65. The predicted molar refractivity (Wildman–Crippen MR) is 64.6 cm³/mol. The van der Waals surface area contributed by atoms with Crippen LogP contribution in [-0.2, 0) is 12.6 Å². The number of hydrogen-bond donors (Lipinski definition) is 1. The van der Waals surface area contributed by atoms with Crippen molar-refractivity contribution < 1.29 is 22.6 Å². The van der Waals surface area contributed by atoms with Gasteiger partial charge in [-0.2, -0.15) is 18.2 Å². The monoisotopic (exact) mass is 302 g/mol. The maximum absolute atomic E-state index is 12.8. The zero-order chi connectivity index (χ0) is 15.5. The number of rotatable bonds is 5. The number of hydrogen-bond acceptors (Lipinski definition) is 6. The van der Waals surface area contributed by atoms with Gasteiger partial charge in [0, 0.05) is 24.7 Å². The molecule has 0 spiro atoms. The van der Waals surface area contributed by atoms with E-state index < -0.39 is 22.4 Å². The fraction of sp³-hybridized carbons (Fsp3) is 0.273. The predicted octanol–water partition coefficient (Wildman–Crippen LogP) is 2.65. The van der Waals surface area contributed by atoms with Crippen LogP contribution in [0.15, 0.2) is 29.1 Å². The van der Waals surface area contributed by atoms with Crippen molar-refractivity contribution in [1.29, 1.82) is 0 Å². The molecule has 7 nitrogen and oxygen atoms in total. The molecule has 1 heterocycles. The third kappa shape index (κ3) is 3.68. The van der Waals surface area contributed by atoms with Crippen LogP contribution in [0.4, 0.5) is 24.5 Å². The number of aromatic nitrogens is 2. The van der Waals surface area contributed by atoms with Crippen LogP contribution in [0.5, 0.6) is 0 Å². The van der Waals surface area contributed by atoms with Gasteiger partial charge in [-0.25, -0.2) is 0 Å². The summed E-state index contributed by atoms with van der Waals surface area (Å²) in [5.74, 6) is 0.403. The van der Waals surface area contributed by atoms with E-state index in [4.69, 9.17) is 0 Å². The lowest BCUT2D eigenvalue weighted by Crippen LogP contribution is -2.11. The van der Waals surface area contributed by atoms with E-state index in [2.05, 4.69) is 20.0 Å². The molecule has 0 saturated carbocycles. The number of nitrogens with one attached hydrogen (secondary N) is 1. The number of benzene rings is 1. The van der Waals surface area contributed by atoms with Crippen LogP contribution in [0.1, 0.15) is 11.4 Å². The summed E-state index contributed by atoms with van der Waals surface area (Å²) in [5, 5.41) is 16.9. The van der Waals surface area contributed by atoms with Gasteiger partial charge in [-0.15, -0.1) is 0 Å². The van der Waals surface area contributed by atoms with E-state index in [-0.39, 0.29) is 12.2 Å². The van der Waals surface area contributed by atoms with Crippen molar-refractivity contribution in [3.05, 3.63) is 46.1 Å². The van der Waals surface area contributed by atoms with Crippen molar-refractivity contribution in [3.63, 3.8) is 0 Å². The summed E-state index contributed by atoms with van der Waals surface area (Å²) in [7, 11) is 0. The van der Waals surface area contributed by atoms with Crippen molar-refractivity contribution in [1.82, 2.24) is 10.1 Å². The highest BCUT2D eigenvalue weighted by molar-refractivity contribution is 5.55. The molecule has 1 N–H and O–H groups in total. The summed E-state index contributed by atoms with van der Waals surface area (Å²) in [6.07, 6.45) is -3.31. The van der Waals surface area contributed by atoms with Crippen molar-refractivity contribution in [2.45, 2.75) is 12.6 Å². The minimum absolute atomic E-state index is 0.122. The van der Waals surface area contributed by atoms with E-state index in [1.807, 2.05) is 0 Å². The molecule has 1 aromatic heterocycles. The van der Waals surface area contributed by atoms with Crippen LogP contribution in [0.3, 0.4) is 0 Å². The number of nitro groups is 1. The Morgan fingerprint density at radius 1 is 1.38 bits per heavy atom. The maximum Gasteiger partial charge on any atom is 0.423 e. The average Bonchev–Trinajstić information content (AvgIpc) is 2.90. The number of halogens is 3. The highest BCUT2D eigenvalue weighted by Crippen LogP contribution is 2.37. The molecule has 21 heavy (non-hydrogen) atoms. The first-order valence-electron chi connectivity index (χ1n) is 5.72. The Labute approximate surface area is 115 Å². The lowest BCUT2D eigenvalue weighted by atomic mass is 10.1. The SMILES string of the molecule is O=[N+]([O-])c1ccc(NCCc2ncon2)cc1C(F)(F)F. The smallest absolute Gasteiger partial charge is 0.385 e. The third-order valence-corrected chi connectivity index (χ3v) is 2.58. The van der Waals surface area contributed by atoms with Crippen LogP contribution in [-0.4, -0.2) is 21.6 Å². The first kappa shape index (κ1) is 14.8.